The Morgan fingerprint density at radius 2 is 2.17 bits per heavy atom. The zero-order valence-corrected chi connectivity index (χ0v) is 11.8. The number of nitrogens with zero attached hydrogens (tertiary/aromatic N) is 1. The van der Waals surface area contributed by atoms with Gasteiger partial charge in [0.1, 0.15) is 5.60 Å². The molecule has 0 aliphatic rings. The highest BCUT2D eigenvalue weighted by Crippen LogP contribution is 2.07. The van der Waals surface area contributed by atoms with Gasteiger partial charge < -0.3 is 10.1 Å². The topological polar surface area (TPSA) is 68.3 Å². The number of amides is 1. The predicted octanol–water partition coefficient (Wildman–Crippen LogP) is 2.17. The van der Waals surface area contributed by atoms with Crippen molar-refractivity contribution in [1.29, 1.82) is 0 Å². The molecule has 1 atom stereocenters. The summed E-state index contributed by atoms with van der Waals surface area (Å²) in [6.45, 7) is 6.95. The van der Waals surface area contributed by atoms with E-state index in [1.807, 2.05) is 5.38 Å². The van der Waals surface area contributed by atoms with E-state index in [9.17, 15) is 9.59 Å². The molecule has 5 nitrogen and oxygen atoms in total. The van der Waals surface area contributed by atoms with E-state index in [0.29, 0.717) is 0 Å². The van der Waals surface area contributed by atoms with Crippen LogP contribution < -0.4 is 5.32 Å². The number of hydrogen-bond donors (Lipinski definition) is 1. The minimum absolute atomic E-state index is 0.0910. The Hall–Kier alpha value is -1.43. The first kappa shape index (κ1) is 14.6. The summed E-state index contributed by atoms with van der Waals surface area (Å²) < 4.78 is 5.08. The lowest BCUT2D eigenvalue weighted by Crippen LogP contribution is -2.42. The fourth-order valence-electron chi connectivity index (χ4n) is 1.22. The van der Waals surface area contributed by atoms with E-state index in [2.05, 4.69) is 10.3 Å². The number of alkyl carbamates (subject to hydrolysis) is 1. The van der Waals surface area contributed by atoms with Crippen LogP contribution >= 0.6 is 11.3 Å². The third-order valence-electron chi connectivity index (χ3n) is 2.06. The van der Waals surface area contributed by atoms with E-state index in [0.717, 1.165) is 5.69 Å². The Morgan fingerprint density at radius 1 is 1.50 bits per heavy atom. The monoisotopic (exact) mass is 270 g/mol. The summed E-state index contributed by atoms with van der Waals surface area (Å²) in [5.74, 6) is -0.0910. The van der Waals surface area contributed by atoms with Crippen molar-refractivity contribution in [3.05, 3.63) is 16.6 Å². The highest BCUT2D eigenvalue weighted by Gasteiger charge is 2.21. The molecule has 18 heavy (non-hydrogen) atoms. The second-order valence-corrected chi connectivity index (χ2v) is 5.71. The summed E-state index contributed by atoms with van der Waals surface area (Å²) >= 11 is 1.44. The first-order valence-corrected chi connectivity index (χ1v) is 6.61. The minimum atomic E-state index is -0.582. The molecule has 0 radical (unpaired) electrons. The fourth-order valence-corrected chi connectivity index (χ4v) is 1.78. The van der Waals surface area contributed by atoms with Crippen LogP contribution in [-0.4, -0.2) is 28.5 Å². The number of thiazole rings is 1. The molecule has 0 bridgehead atoms. The quantitative estimate of drug-likeness (QED) is 0.910. The van der Waals surface area contributed by atoms with E-state index in [-0.39, 0.29) is 12.2 Å². The number of rotatable bonds is 4. The van der Waals surface area contributed by atoms with E-state index >= 15 is 0 Å². The third-order valence-corrected chi connectivity index (χ3v) is 2.69. The number of ketones is 1. The van der Waals surface area contributed by atoms with Gasteiger partial charge in [0.2, 0.25) is 0 Å². The first-order chi connectivity index (χ1) is 8.28. The number of carbonyl (C=O) groups excluding carboxylic acids is 2. The molecule has 0 aliphatic heterocycles. The summed E-state index contributed by atoms with van der Waals surface area (Å²) in [7, 11) is 0. The lowest BCUT2D eigenvalue weighted by molar-refractivity contribution is -0.120. The minimum Gasteiger partial charge on any atom is -0.444 e. The van der Waals surface area contributed by atoms with Crippen LogP contribution in [-0.2, 0) is 16.0 Å². The van der Waals surface area contributed by atoms with Crippen LogP contribution in [0.1, 0.15) is 33.4 Å². The van der Waals surface area contributed by atoms with E-state index < -0.39 is 17.7 Å². The van der Waals surface area contributed by atoms with Gasteiger partial charge in [0.05, 0.1) is 23.7 Å². The van der Waals surface area contributed by atoms with Gasteiger partial charge in [-0.25, -0.2) is 9.78 Å². The van der Waals surface area contributed by atoms with Gasteiger partial charge in [-0.3, -0.25) is 4.79 Å². The van der Waals surface area contributed by atoms with E-state index in [1.165, 1.54) is 11.3 Å². The van der Waals surface area contributed by atoms with Gasteiger partial charge in [-0.1, -0.05) is 0 Å². The predicted molar refractivity (Wildman–Crippen MR) is 69.7 cm³/mol. The standard InChI is InChI=1S/C12H18N2O3S/c1-8(14-11(16)17-12(2,3)4)10(15)5-9-6-18-7-13-9/h6-8H,5H2,1-4H3,(H,14,16)/t8-/m1/s1. The molecule has 1 rings (SSSR count). The lowest BCUT2D eigenvalue weighted by Gasteiger charge is -2.21. The summed E-state index contributed by atoms with van der Waals surface area (Å²) in [6, 6.07) is -0.582. The van der Waals surface area contributed by atoms with Crippen LogP contribution in [0.5, 0.6) is 0 Å². The normalized spacial score (nSPS) is 12.9. The number of hydrogen-bond acceptors (Lipinski definition) is 5. The Morgan fingerprint density at radius 3 is 2.67 bits per heavy atom. The molecule has 1 heterocycles. The highest BCUT2D eigenvalue weighted by atomic mass is 32.1. The van der Waals surface area contributed by atoms with Gasteiger partial charge in [0, 0.05) is 5.38 Å². The number of aromatic nitrogens is 1. The number of carbonyl (C=O) groups is 2. The first-order valence-electron chi connectivity index (χ1n) is 5.67. The van der Waals surface area contributed by atoms with Crippen molar-refractivity contribution in [2.45, 2.75) is 45.8 Å². The van der Waals surface area contributed by atoms with Crippen LogP contribution in [0, 0.1) is 0 Å². The molecule has 100 valence electrons. The van der Waals surface area contributed by atoms with Crippen molar-refractivity contribution < 1.29 is 14.3 Å². The van der Waals surface area contributed by atoms with Crippen molar-refractivity contribution >= 4 is 23.2 Å². The molecule has 6 heteroatoms. The number of Topliss-reactive ketones (excluding diaryl/α,β-unsaturated/α-hetero) is 1. The molecular formula is C12H18N2O3S. The summed E-state index contributed by atoms with van der Waals surface area (Å²) in [5.41, 5.74) is 1.83. The zero-order chi connectivity index (χ0) is 13.8. The number of ether oxygens (including phenoxy) is 1. The van der Waals surface area contributed by atoms with E-state index in [1.54, 1.807) is 33.2 Å². The molecule has 0 saturated carbocycles. The van der Waals surface area contributed by atoms with Crippen LogP contribution in [0.25, 0.3) is 0 Å². The van der Waals surface area contributed by atoms with Crippen LogP contribution in [0.4, 0.5) is 4.79 Å². The highest BCUT2D eigenvalue weighted by molar-refractivity contribution is 7.07. The maximum atomic E-state index is 11.8. The Balaban J connectivity index is 2.42. The zero-order valence-electron chi connectivity index (χ0n) is 11.0. The van der Waals surface area contributed by atoms with Crippen LogP contribution in [0.2, 0.25) is 0 Å². The van der Waals surface area contributed by atoms with Crippen molar-refractivity contribution in [2.24, 2.45) is 0 Å². The second kappa shape index (κ2) is 5.95. The van der Waals surface area contributed by atoms with Gasteiger partial charge in [0.15, 0.2) is 5.78 Å². The SMILES string of the molecule is C[C@@H](NC(=O)OC(C)(C)C)C(=O)Cc1cscn1. The second-order valence-electron chi connectivity index (χ2n) is 4.99. The van der Waals surface area contributed by atoms with Gasteiger partial charge in [-0.2, -0.15) is 0 Å². The summed E-state index contributed by atoms with van der Waals surface area (Å²) in [4.78, 5) is 27.3. The Bertz CT molecular complexity index is 409. The molecule has 1 amide bonds. The van der Waals surface area contributed by atoms with Gasteiger partial charge in [-0.15, -0.1) is 11.3 Å². The Kier molecular flexibility index (Phi) is 4.84. The molecule has 0 spiro atoms. The summed E-state index contributed by atoms with van der Waals surface area (Å²) in [6.07, 6.45) is -0.359. The van der Waals surface area contributed by atoms with Crippen LogP contribution in [0.3, 0.4) is 0 Å². The van der Waals surface area contributed by atoms with Gasteiger partial charge >= 0.3 is 6.09 Å². The molecule has 0 fully saturated rings. The van der Waals surface area contributed by atoms with Gasteiger partial charge in [-0.05, 0) is 27.7 Å². The third kappa shape index (κ3) is 5.27. The molecule has 1 aromatic heterocycles. The lowest BCUT2D eigenvalue weighted by atomic mass is 10.1. The number of nitrogens with one attached hydrogen (secondary N) is 1. The fraction of sp³-hybridized carbons (Fsp3) is 0.583. The van der Waals surface area contributed by atoms with Gasteiger partial charge in [0.25, 0.3) is 0 Å². The van der Waals surface area contributed by atoms with Crippen molar-refractivity contribution in [1.82, 2.24) is 10.3 Å². The van der Waals surface area contributed by atoms with E-state index in [4.69, 9.17) is 4.74 Å². The molecule has 0 unspecified atom stereocenters. The smallest absolute Gasteiger partial charge is 0.408 e. The van der Waals surface area contributed by atoms with Crippen molar-refractivity contribution in [3.63, 3.8) is 0 Å². The maximum absolute atomic E-state index is 11.8. The average Bonchev–Trinajstić information content (AvgIpc) is 2.66. The van der Waals surface area contributed by atoms with Crippen molar-refractivity contribution in [3.8, 4) is 0 Å². The molecule has 1 N–H and O–H groups in total. The molecule has 0 aromatic carbocycles. The Labute approximate surface area is 111 Å². The maximum Gasteiger partial charge on any atom is 0.408 e. The van der Waals surface area contributed by atoms with Crippen LogP contribution in [0.15, 0.2) is 10.9 Å². The summed E-state index contributed by atoms with van der Waals surface area (Å²) in [5, 5.41) is 4.33. The molecule has 0 aliphatic carbocycles. The largest absolute Gasteiger partial charge is 0.444 e. The average molecular weight is 270 g/mol. The van der Waals surface area contributed by atoms with Crippen molar-refractivity contribution in [2.75, 3.05) is 0 Å². The molecule has 0 saturated heterocycles. The molecular weight excluding hydrogens is 252 g/mol. The molecule has 1 aromatic rings.